The molecule has 0 radical (unpaired) electrons. The van der Waals surface area contributed by atoms with Crippen molar-refractivity contribution in [2.24, 2.45) is 0 Å². The molecule has 2 heterocycles. The third-order valence-corrected chi connectivity index (χ3v) is 6.17. The molecular weight excluding hydrogens is 348 g/mol. The number of hydrogen-bond acceptors (Lipinski definition) is 4. The van der Waals surface area contributed by atoms with Crippen molar-refractivity contribution in [1.82, 2.24) is 10.2 Å². The minimum absolute atomic E-state index is 0.0467. The summed E-state index contributed by atoms with van der Waals surface area (Å²) < 4.78 is 0. The number of carbonyl (C=O) groups is 2. The Kier molecular flexibility index (Phi) is 5.44. The molecule has 0 aliphatic carbocycles. The van der Waals surface area contributed by atoms with E-state index in [4.69, 9.17) is 0 Å². The number of hydrogen-bond donors (Lipinski definition) is 2. The fourth-order valence-electron chi connectivity index (χ4n) is 3.69. The minimum atomic E-state index is -1.08. The van der Waals surface area contributed by atoms with Crippen molar-refractivity contribution in [3.8, 4) is 0 Å². The zero-order valence-corrected chi connectivity index (χ0v) is 16.1. The highest BCUT2D eigenvalue weighted by molar-refractivity contribution is 7.10. The number of carbonyl (C=O) groups excluding carboxylic acids is 1. The van der Waals surface area contributed by atoms with E-state index in [0.29, 0.717) is 18.6 Å². The van der Waals surface area contributed by atoms with E-state index in [0.717, 1.165) is 18.5 Å². The molecule has 2 atom stereocenters. The molecule has 1 amide bonds. The van der Waals surface area contributed by atoms with Gasteiger partial charge in [0, 0.05) is 30.1 Å². The molecule has 2 aromatic rings. The van der Waals surface area contributed by atoms with E-state index in [1.807, 2.05) is 6.92 Å². The lowest BCUT2D eigenvalue weighted by atomic mass is 9.96. The van der Waals surface area contributed by atoms with Crippen molar-refractivity contribution in [3.05, 3.63) is 56.8 Å². The number of fused-ring (bicyclic) bond motifs is 1. The summed E-state index contributed by atoms with van der Waals surface area (Å²) in [5.74, 6) is -1.42. The molecule has 1 aromatic heterocycles. The largest absolute Gasteiger partial charge is 0.478 e. The summed E-state index contributed by atoms with van der Waals surface area (Å²) in [5.41, 5.74) is 2.51. The van der Waals surface area contributed by atoms with Crippen molar-refractivity contribution in [3.63, 3.8) is 0 Å². The zero-order valence-electron chi connectivity index (χ0n) is 15.3. The lowest BCUT2D eigenvalue weighted by molar-refractivity contribution is 0.0690. The predicted octanol–water partition coefficient (Wildman–Crippen LogP) is 3.49. The number of amides is 1. The van der Waals surface area contributed by atoms with Crippen molar-refractivity contribution in [2.45, 2.75) is 39.3 Å². The molecule has 0 bridgehead atoms. The van der Waals surface area contributed by atoms with Crippen LogP contribution in [0.15, 0.2) is 29.6 Å². The zero-order chi connectivity index (χ0) is 18.8. The summed E-state index contributed by atoms with van der Waals surface area (Å²) in [7, 11) is 0. The van der Waals surface area contributed by atoms with Gasteiger partial charge in [-0.15, -0.1) is 11.3 Å². The van der Waals surface area contributed by atoms with Crippen LogP contribution in [0.5, 0.6) is 0 Å². The first-order chi connectivity index (χ1) is 12.4. The molecule has 0 saturated heterocycles. The van der Waals surface area contributed by atoms with Crippen molar-refractivity contribution in [2.75, 3.05) is 13.1 Å². The Hall–Kier alpha value is -2.18. The maximum atomic E-state index is 12.5. The van der Waals surface area contributed by atoms with E-state index in [1.165, 1.54) is 16.5 Å². The lowest BCUT2D eigenvalue weighted by Gasteiger charge is -2.38. The van der Waals surface area contributed by atoms with Crippen molar-refractivity contribution < 1.29 is 14.7 Å². The van der Waals surface area contributed by atoms with Crippen LogP contribution in [0.1, 0.15) is 56.6 Å². The van der Waals surface area contributed by atoms with Crippen LogP contribution in [-0.2, 0) is 6.42 Å². The summed E-state index contributed by atoms with van der Waals surface area (Å²) in [6.45, 7) is 7.45. The van der Waals surface area contributed by atoms with Gasteiger partial charge in [0.2, 0.25) is 0 Å². The Balaban J connectivity index is 1.64. The van der Waals surface area contributed by atoms with E-state index in [1.54, 1.807) is 23.5 Å². The first-order valence-electron chi connectivity index (χ1n) is 8.82. The highest BCUT2D eigenvalue weighted by Gasteiger charge is 2.29. The van der Waals surface area contributed by atoms with Crippen molar-refractivity contribution >= 4 is 23.2 Å². The average Bonchev–Trinajstić information content (AvgIpc) is 3.05. The highest BCUT2D eigenvalue weighted by Crippen LogP contribution is 2.35. The normalized spacial score (nSPS) is 19.8. The van der Waals surface area contributed by atoms with Crippen LogP contribution in [0.3, 0.4) is 0 Å². The van der Waals surface area contributed by atoms with Crippen LogP contribution < -0.4 is 5.32 Å². The second-order valence-corrected chi connectivity index (χ2v) is 7.83. The molecule has 0 spiro atoms. The van der Waals surface area contributed by atoms with Crippen LogP contribution in [-0.4, -0.2) is 41.0 Å². The second-order valence-electron chi connectivity index (χ2n) is 6.89. The number of rotatable bonds is 5. The Morgan fingerprint density at radius 3 is 2.77 bits per heavy atom. The van der Waals surface area contributed by atoms with Gasteiger partial charge >= 0.3 is 5.97 Å². The maximum absolute atomic E-state index is 12.5. The quantitative estimate of drug-likeness (QED) is 0.843. The highest BCUT2D eigenvalue weighted by atomic mass is 32.1. The molecule has 1 aliphatic heterocycles. The van der Waals surface area contributed by atoms with E-state index < -0.39 is 5.97 Å². The smallest absolute Gasteiger partial charge is 0.336 e. The fraction of sp³-hybridized carbons (Fsp3) is 0.400. The Labute approximate surface area is 157 Å². The van der Waals surface area contributed by atoms with Crippen LogP contribution in [0.25, 0.3) is 0 Å². The first-order valence-corrected chi connectivity index (χ1v) is 9.70. The number of aryl methyl sites for hydroxylation is 1. The van der Waals surface area contributed by atoms with Gasteiger partial charge in [0.05, 0.1) is 11.1 Å². The predicted molar refractivity (Wildman–Crippen MR) is 103 cm³/mol. The number of carboxylic acid groups (broad SMARTS) is 1. The van der Waals surface area contributed by atoms with E-state index in [2.05, 4.69) is 35.5 Å². The molecular formula is C20H24N2O3S. The standard InChI is InChI=1S/C20H24N2O3S/c1-12-4-5-16(17(10-12)20(24)25)19(23)21-7-8-22-13(2)11-15-6-9-26-18(15)14(22)3/h4-6,9-10,13-14H,7-8,11H2,1-3H3,(H,21,23)(H,24,25)/t13-,14+/m1/s1. The number of nitrogens with one attached hydrogen (secondary N) is 1. The molecule has 6 heteroatoms. The Morgan fingerprint density at radius 1 is 1.27 bits per heavy atom. The lowest BCUT2D eigenvalue weighted by Crippen LogP contribution is -2.44. The van der Waals surface area contributed by atoms with Crippen LogP contribution in [0, 0.1) is 6.92 Å². The van der Waals surface area contributed by atoms with Crippen molar-refractivity contribution in [1.29, 1.82) is 0 Å². The molecule has 3 rings (SSSR count). The maximum Gasteiger partial charge on any atom is 0.336 e. The summed E-state index contributed by atoms with van der Waals surface area (Å²) in [6.07, 6.45) is 1.03. The van der Waals surface area contributed by atoms with Gasteiger partial charge in [-0.1, -0.05) is 11.6 Å². The topological polar surface area (TPSA) is 69.6 Å². The minimum Gasteiger partial charge on any atom is -0.478 e. The van der Waals surface area contributed by atoms with Gasteiger partial charge in [0.25, 0.3) is 5.91 Å². The molecule has 26 heavy (non-hydrogen) atoms. The van der Waals surface area contributed by atoms with Gasteiger partial charge in [0.15, 0.2) is 0 Å². The monoisotopic (exact) mass is 372 g/mol. The number of nitrogens with zero attached hydrogens (tertiary/aromatic N) is 1. The van der Waals surface area contributed by atoms with Gasteiger partial charge in [-0.3, -0.25) is 9.69 Å². The van der Waals surface area contributed by atoms with Gasteiger partial charge < -0.3 is 10.4 Å². The molecule has 2 N–H and O–H groups in total. The van der Waals surface area contributed by atoms with E-state index >= 15 is 0 Å². The Morgan fingerprint density at radius 2 is 2.04 bits per heavy atom. The molecule has 0 unspecified atom stereocenters. The molecule has 138 valence electrons. The number of thiophene rings is 1. The third-order valence-electron chi connectivity index (χ3n) is 5.04. The SMILES string of the molecule is Cc1ccc(C(=O)NCCN2[C@H](C)Cc3ccsc3[C@@H]2C)c(C(=O)O)c1. The van der Waals surface area contributed by atoms with Gasteiger partial charge in [-0.05, 0) is 56.3 Å². The number of carboxylic acids is 1. The molecule has 0 saturated carbocycles. The third kappa shape index (κ3) is 3.66. The van der Waals surface area contributed by atoms with Crippen LogP contribution >= 0.6 is 11.3 Å². The summed E-state index contributed by atoms with van der Waals surface area (Å²) in [4.78, 5) is 27.6. The summed E-state index contributed by atoms with van der Waals surface area (Å²) in [5, 5.41) is 14.3. The average molecular weight is 372 g/mol. The fourth-order valence-corrected chi connectivity index (χ4v) is 4.71. The number of benzene rings is 1. The second kappa shape index (κ2) is 7.60. The molecule has 1 aromatic carbocycles. The molecule has 5 nitrogen and oxygen atoms in total. The van der Waals surface area contributed by atoms with E-state index in [-0.39, 0.29) is 17.0 Å². The summed E-state index contributed by atoms with van der Waals surface area (Å²) >= 11 is 1.79. The van der Waals surface area contributed by atoms with Crippen LogP contribution in [0.4, 0.5) is 0 Å². The first kappa shape index (κ1) is 18.6. The van der Waals surface area contributed by atoms with Gasteiger partial charge in [-0.2, -0.15) is 0 Å². The Bertz CT molecular complexity index is 830. The molecule has 1 aliphatic rings. The van der Waals surface area contributed by atoms with Gasteiger partial charge in [-0.25, -0.2) is 4.79 Å². The molecule has 0 fully saturated rings. The van der Waals surface area contributed by atoms with Gasteiger partial charge in [0.1, 0.15) is 0 Å². The van der Waals surface area contributed by atoms with Crippen LogP contribution in [0.2, 0.25) is 0 Å². The van der Waals surface area contributed by atoms with E-state index in [9.17, 15) is 14.7 Å². The summed E-state index contributed by atoms with van der Waals surface area (Å²) in [6, 6.07) is 7.83. The number of aromatic carboxylic acids is 1.